The van der Waals surface area contributed by atoms with Crippen molar-refractivity contribution in [3.05, 3.63) is 45.4 Å². The number of benzene rings is 1. The van der Waals surface area contributed by atoms with E-state index in [1.807, 2.05) is 0 Å². The molecule has 94 valence electrons. The van der Waals surface area contributed by atoms with Crippen LogP contribution in [0.5, 0.6) is 0 Å². The Kier molecular flexibility index (Phi) is 4.58. The van der Waals surface area contributed by atoms with Gasteiger partial charge in [0.15, 0.2) is 5.13 Å². The van der Waals surface area contributed by atoms with Crippen molar-refractivity contribution in [1.82, 2.24) is 4.98 Å². The molecule has 0 radical (unpaired) electrons. The molecule has 0 fully saturated rings. The smallest absolute Gasteiger partial charge is 0.226 e. The predicted molar refractivity (Wildman–Crippen MR) is 75.5 cm³/mol. The minimum Gasteiger partial charge on any atom is -0.302 e. The van der Waals surface area contributed by atoms with E-state index in [-0.39, 0.29) is 5.91 Å². The van der Waals surface area contributed by atoms with Crippen LogP contribution in [-0.4, -0.2) is 10.9 Å². The summed E-state index contributed by atoms with van der Waals surface area (Å²) < 4.78 is 0. The zero-order valence-corrected chi connectivity index (χ0v) is 11.6. The molecule has 1 aromatic carbocycles. The number of nitrogens with zero attached hydrogens (tertiary/aromatic N) is 1. The van der Waals surface area contributed by atoms with Crippen molar-refractivity contribution in [2.24, 2.45) is 0 Å². The fraction of sp³-hybridized carbons (Fsp3) is 0.167. The Bertz CT molecular complexity index is 523. The van der Waals surface area contributed by atoms with Gasteiger partial charge in [-0.05, 0) is 24.1 Å². The van der Waals surface area contributed by atoms with E-state index >= 15 is 0 Å². The van der Waals surface area contributed by atoms with Gasteiger partial charge in [0, 0.05) is 28.0 Å². The van der Waals surface area contributed by atoms with Crippen molar-refractivity contribution >= 4 is 45.6 Å². The average Bonchev–Trinajstić information content (AvgIpc) is 2.81. The Balaban J connectivity index is 1.93. The summed E-state index contributed by atoms with van der Waals surface area (Å²) >= 11 is 13.4. The number of thiazole rings is 1. The maximum atomic E-state index is 11.7. The summed E-state index contributed by atoms with van der Waals surface area (Å²) in [5.74, 6) is -0.0964. The number of amides is 1. The van der Waals surface area contributed by atoms with Crippen LogP contribution in [-0.2, 0) is 11.2 Å². The summed E-state index contributed by atoms with van der Waals surface area (Å²) in [5.41, 5.74) is 0.801. The molecule has 1 aromatic heterocycles. The summed E-state index contributed by atoms with van der Waals surface area (Å²) in [6, 6.07) is 5.31. The molecule has 1 heterocycles. The van der Waals surface area contributed by atoms with Gasteiger partial charge in [0.25, 0.3) is 0 Å². The molecule has 0 bridgehead atoms. The van der Waals surface area contributed by atoms with Gasteiger partial charge in [-0.15, -0.1) is 11.3 Å². The van der Waals surface area contributed by atoms with Crippen LogP contribution in [0.4, 0.5) is 5.13 Å². The zero-order chi connectivity index (χ0) is 13.0. The second-order valence-electron chi connectivity index (χ2n) is 3.59. The van der Waals surface area contributed by atoms with Crippen LogP contribution < -0.4 is 5.32 Å². The molecule has 18 heavy (non-hydrogen) atoms. The first-order chi connectivity index (χ1) is 8.66. The first-order valence-corrected chi connectivity index (χ1v) is 6.92. The van der Waals surface area contributed by atoms with Crippen LogP contribution in [0.25, 0.3) is 0 Å². The molecule has 0 atom stereocenters. The number of nitrogens with one attached hydrogen (secondary N) is 1. The minimum absolute atomic E-state index is 0.0964. The van der Waals surface area contributed by atoms with E-state index in [0.717, 1.165) is 5.56 Å². The van der Waals surface area contributed by atoms with Crippen molar-refractivity contribution in [2.45, 2.75) is 12.8 Å². The average molecular weight is 301 g/mol. The van der Waals surface area contributed by atoms with Gasteiger partial charge in [0.2, 0.25) is 5.91 Å². The Hall–Kier alpha value is -1.10. The van der Waals surface area contributed by atoms with Crippen molar-refractivity contribution < 1.29 is 4.79 Å². The highest BCUT2D eigenvalue weighted by molar-refractivity contribution is 7.13. The van der Waals surface area contributed by atoms with Crippen molar-refractivity contribution in [3.63, 3.8) is 0 Å². The molecule has 0 aliphatic carbocycles. The second-order valence-corrected chi connectivity index (χ2v) is 5.29. The lowest BCUT2D eigenvalue weighted by Crippen LogP contribution is -2.12. The van der Waals surface area contributed by atoms with Crippen LogP contribution in [0, 0.1) is 0 Å². The summed E-state index contributed by atoms with van der Waals surface area (Å²) in [5, 5.41) is 6.30. The molecule has 1 amide bonds. The molecule has 0 aliphatic rings. The number of anilines is 1. The van der Waals surface area contributed by atoms with Gasteiger partial charge in [0.1, 0.15) is 0 Å². The molecule has 6 heteroatoms. The third-order valence-corrected chi connectivity index (χ3v) is 3.74. The minimum atomic E-state index is -0.0964. The van der Waals surface area contributed by atoms with Gasteiger partial charge in [-0.25, -0.2) is 4.98 Å². The number of carbonyl (C=O) groups is 1. The number of halogens is 2. The number of hydrogen-bond donors (Lipinski definition) is 1. The molecule has 0 saturated carbocycles. The van der Waals surface area contributed by atoms with E-state index in [4.69, 9.17) is 23.2 Å². The number of hydrogen-bond acceptors (Lipinski definition) is 3. The Labute approximate surface area is 119 Å². The lowest BCUT2D eigenvalue weighted by molar-refractivity contribution is -0.116. The third kappa shape index (κ3) is 3.45. The molecule has 2 aromatic rings. The lowest BCUT2D eigenvalue weighted by atomic mass is 10.1. The lowest BCUT2D eigenvalue weighted by Gasteiger charge is -2.06. The van der Waals surface area contributed by atoms with Crippen LogP contribution in [0.1, 0.15) is 12.0 Å². The van der Waals surface area contributed by atoms with Crippen LogP contribution in [0.3, 0.4) is 0 Å². The standard InChI is InChI=1S/C12H10Cl2N2OS/c13-9-2-1-3-10(14)8(9)4-5-11(17)16-12-15-6-7-18-12/h1-3,6-7H,4-5H2,(H,15,16,17). The van der Waals surface area contributed by atoms with E-state index in [2.05, 4.69) is 10.3 Å². The van der Waals surface area contributed by atoms with E-state index in [1.165, 1.54) is 11.3 Å². The van der Waals surface area contributed by atoms with E-state index < -0.39 is 0 Å². The Morgan fingerprint density at radius 3 is 2.67 bits per heavy atom. The molecule has 0 spiro atoms. The first kappa shape index (κ1) is 13.3. The van der Waals surface area contributed by atoms with Crippen molar-refractivity contribution in [2.75, 3.05) is 5.32 Å². The van der Waals surface area contributed by atoms with Gasteiger partial charge in [-0.1, -0.05) is 29.3 Å². The largest absolute Gasteiger partial charge is 0.302 e. The maximum absolute atomic E-state index is 11.7. The van der Waals surface area contributed by atoms with Gasteiger partial charge in [0.05, 0.1) is 0 Å². The quantitative estimate of drug-likeness (QED) is 0.926. The predicted octanol–water partition coefficient (Wildman–Crippen LogP) is 4.02. The molecular weight excluding hydrogens is 291 g/mol. The normalized spacial score (nSPS) is 10.3. The van der Waals surface area contributed by atoms with Crippen molar-refractivity contribution in [1.29, 1.82) is 0 Å². The molecule has 0 unspecified atom stereocenters. The first-order valence-electron chi connectivity index (χ1n) is 5.29. The van der Waals surface area contributed by atoms with Gasteiger partial charge in [-0.2, -0.15) is 0 Å². The topological polar surface area (TPSA) is 42.0 Å². The zero-order valence-electron chi connectivity index (χ0n) is 9.32. The number of aromatic nitrogens is 1. The van der Waals surface area contributed by atoms with E-state index in [0.29, 0.717) is 28.0 Å². The van der Waals surface area contributed by atoms with Crippen LogP contribution >= 0.6 is 34.5 Å². The monoisotopic (exact) mass is 300 g/mol. The fourth-order valence-electron chi connectivity index (χ4n) is 1.48. The van der Waals surface area contributed by atoms with Crippen LogP contribution in [0.15, 0.2) is 29.8 Å². The van der Waals surface area contributed by atoms with Gasteiger partial charge < -0.3 is 5.32 Å². The summed E-state index contributed by atoms with van der Waals surface area (Å²) in [7, 11) is 0. The van der Waals surface area contributed by atoms with E-state index in [9.17, 15) is 4.79 Å². The molecule has 2 rings (SSSR count). The maximum Gasteiger partial charge on any atom is 0.226 e. The molecule has 1 N–H and O–H groups in total. The second kappa shape index (κ2) is 6.18. The fourth-order valence-corrected chi connectivity index (χ4v) is 2.61. The molecule has 0 saturated heterocycles. The highest BCUT2D eigenvalue weighted by Crippen LogP contribution is 2.25. The number of carbonyl (C=O) groups excluding carboxylic acids is 1. The van der Waals surface area contributed by atoms with Gasteiger partial charge in [-0.3, -0.25) is 4.79 Å². The van der Waals surface area contributed by atoms with E-state index in [1.54, 1.807) is 29.8 Å². The van der Waals surface area contributed by atoms with Crippen LogP contribution in [0.2, 0.25) is 10.0 Å². The summed E-state index contributed by atoms with van der Waals surface area (Å²) in [6.45, 7) is 0. The Morgan fingerprint density at radius 1 is 1.33 bits per heavy atom. The Morgan fingerprint density at radius 2 is 2.06 bits per heavy atom. The molecule has 3 nitrogen and oxygen atoms in total. The SMILES string of the molecule is O=C(CCc1c(Cl)cccc1Cl)Nc1nccs1. The summed E-state index contributed by atoms with van der Waals surface area (Å²) in [4.78, 5) is 15.7. The molecule has 0 aliphatic heterocycles. The third-order valence-electron chi connectivity index (χ3n) is 2.34. The summed E-state index contributed by atoms with van der Waals surface area (Å²) in [6.07, 6.45) is 2.48. The number of rotatable bonds is 4. The van der Waals surface area contributed by atoms with Crippen molar-refractivity contribution in [3.8, 4) is 0 Å². The highest BCUT2D eigenvalue weighted by atomic mass is 35.5. The molecular formula is C12H10Cl2N2OS. The van der Waals surface area contributed by atoms with Gasteiger partial charge >= 0.3 is 0 Å². The highest BCUT2D eigenvalue weighted by Gasteiger charge is 2.09.